The largest absolute Gasteiger partial charge is 0.380 e. The lowest BCUT2D eigenvalue weighted by Crippen LogP contribution is -2.44. The van der Waals surface area contributed by atoms with Gasteiger partial charge < -0.3 is 10.1 Å². The molecule has 1 aromatic carbocycles. The molecule has 2 nitrogen and oxygen atoms in total. The Balaban J connectivity index is 2.02. The molecule has 1 fully saturated rings. The van der Waals surface area contributed by atoms with Gasteiger partial charge in [0.05, 0.1) is 6.10 Å². The molecule has 1 N–H and O–H groups in total. The molecular formula is C15H22ClNO. The van der Waals surface area contributed by atoms with Gasteiger partial charge in [-0.25, -0.2) is 0 Å². The van der Waals surface area contributed by atoms with Crippen molar-refractivity contribution in [3.05, 3.63) is 34.9 Å². The maximum atomic E-state index is 6.24. The van der Waals surface area contributed by atoms with Crippen LogP contribution in [0.1, 0.15) is 44.2 Å². The number of rotatable bonds is 4. The SMILES string of the molecule is COC1CCCCC1N[C@@H](C)c1ccccc1Cl. The first-order chi connectivity index (χ1) is 8.72. The van der Waals surface area contributed by atoms with Gasteiger partial charge >= 0.3 is 0 Å². The molecule has 18 heavy (non-hydrogen) atoms. The molecule has 1 aliphatic carbocycles. The van der Waals surface area contributed by atoms with Crippen molar-refractivity contribution in [2.45, 2.75) is 50.8 Å². The first-order valence-electron chi connectivity index (χ1n) is 6.75. The zero-order valence-corrected chi connectivity index (χ0v) is 11.9. The van der Waals surface area contributed by atoms with Gasteiger partial charge in [0, 0.05) is 24.2 Å². The highest BCUT2D eigenvalue weighted by Crippen LogP contribution is 2.26. The maximum Gasteiger partial charge on any atom is 0.0724 e. The van der Waals surface area contributed by atoms with Crippen LogP contribution in [0.15, 0.2) is 24.3 Å². The maximum absolute atomic E-state index is 6.24. The van der Waals surface area contributed by atoms with E-state index in [2.05, 4.69) is 18.3 Å². The number of halogens is 1. The van der Waals surface area contributed by atoms with E-state index in [1.807, 2.05) is 25.3 Å². The molecule has 0 aromatic heterocycles. The minimum Gasteiger partial charge on any atom is -0.380 e. The number of nitrogens with one attached hydrogen (secondary N) is 1. The van der Waals surface area contributed by atoms with Crippen LogP contribution in [0.25, 0.3) is 0 Å². The smallest absolute Gasteiger partial charge is 0.0724 e. The molecule has 1 aromatic rings. The Morgan fingerprint density at radius 2 is 2.00 bits per heavy atom. The average Bonchev–Trinajstić information content (AvgIpc) is 2.39. The van der Waals surface area contributed by atoms with Crippen molar-refractivity contribution in [2.24, 2.45) is 0 Å². The van der Waals surface area contributed by atoms with Crippen LogP contribution < -0.4 is 5.32 Å². The number of hydrogen-bond donors (Lipinski definition) is 1. The molecule has 1 saturated carbocycles. The quantitative estimate of drug-likeness (QED) is 0.892. The molecular weight excluding hydrogens is 246 g/mol. The van der Waals surface area contributed by atoms with Crippen LogP contribution in [-0.2, 0) is 4.74 Å². The van der Waals surface area contributed by atoms with Gasteiger partial charge in [0.25, 0.3) is 0 Å². The zero-order chi connectivity index (χ0) is 13.0. The summed E-state index contributed by atoms with van der Waals surface area (Å²) in [6.07, 6.45) is 5.24. The predicted octanol–water partition coefficient (Wildman–Crippen LogP) is 3.95. The third-order valence-electron chi connectivity index (χ3n) is 3.84. The minimum atomic E-state index is 0.263. The average molecular weight is 268 g/mol. The summed E-state index contributed by atoms with van der Waals surface area (Å²) in [5.74, 6) is 0. The van der Waals surface area contributed by atoms with Crippen LogP contribution in [0.3, 0.4) is 0 Å². The molecule has 3 heteroatoms. The Morgan fingerprint density at radius 3 is 2.72 bits per heavy atom. The standard InChI is InChI=1S/C15H22ClNO/c1-11(12-7-3-4-8-13(12)16)17-14-9-5-6-10-15(14)18-2/h3-4,7-8,11,14-15,17H,5-6,9-10H2,1-2H3/t11-,14?,15?/m0/s1. The summed E-state index contributed by atoms with van der Waals surface area (Å²) in [6, 6.07) is 8.74. The van der Waals surface area contributed by atoms with Crippen LogP contribution in [-0.4, -0.2) is 19.3 Å². The molecule has 0 heterocycles. The summed E-state index contributed by atoms with van der Waals surface area (Å²) < 4.78 is 5.58. The summed E-state index contributed by atoms with van der Waals surface area (Å²) in [5.41, 5.74) is 1.17. The lowest BCUT2D eigenvalue weighted by atomic mass is 9.91. The van der Waals surface area contributed by atoms with Crippen molar-refractivity contribution < 1.29 is 4.74 Å². The first-order valence-corrected chi connectivity index (χ1v) is 7.13. The van der Waals surface area contributed by atoms with Crippen molar-refractivity contribution in [1.82, 2.24) is 5.32 Å². The Morgan fingerprint density at radius 1 is 1.28 bits per heavy atom. The van der Waals surface area contributed by atoms with E-state index in [9.17, 15) is 0 Å². The van der Waals surface area contributed by atoms with Crippen molar-refractivity contribution in [2.75, 3.05) is 7.11 Å². The molecule has 0 bridgehead atoms. The molecule has 2 unspecified atom stereocenters. The third kappa shape index (κ3) is 3.25. The van der Waals surface area contributed by atoms with Crippen molar-refractivity contribution >= 4 is 11.6 Å². The Labute approximate surface area is 115 Å². The van der Waals surface area contributed by atoms with E-state index in [0.29, 0.717) is 12.1 Å². The van der Waals surface area contributed by atoms with Gasteiger partial charge in [-0.2, -0.15) is 0 Å². The van der Waals surface area contributed by atoms with Gasteiger partial charge in [0.1, 0.15) is 0 Å². The van der Waals surface area contributed by atoms with Gasteiger partial charge in [-0.05, 0) is 31.4 Å². The summed E-state index contributed by atoms with van der Waals surface area (Å²) in [4.78, 5) is 0. The molecule has 1 aliphatic rings. The normalized spacial score (nSPS) is 25.9. The highest BCUT2D eigenvalue weighted by atomic mass is 35.5. The minimum absolute atomic E-state index is 0.263. The zero-order valence-electron chi connectivity index (χ0n) is 11.2. The fourth-order valence-corrected chi connectivity index (χ4v) is 3.11. The van der Waals surface area contributed by atoms with Crippen LogP contribution in [0.5, 0.6) is 0 Å². The molecule has 0 amide bonds. The van der Waals surface area contributed by atoms with Crippen LogP contribution in [0.4, 0.5) is 0 Å². The fourth-order valence-electron chi connectivity index (χ4n) is 2.81. The van der Waals surface area contributed by atoms with Gasteiger partial charge in [-0.1, -0.05) is 42.6 Å². The van der Waals surface area contributed by atoms with E-state index in [4.69, 9.17) is 16.3 Å². The van der Waals surface area contributed by atoms with E-state index in [0.717, 1.165) is 11.4 Å². The lowest BCUT2D eigenvalue weighted by Gasteiger charge is -2.33. The summed E-state index contributed by atoms with van der Waals surface area (Å²) in [5, 5.41) is 4.50. The predicted molar refractivity (Wildman–Crippen MR) is 76.1 cm³/mol. The molecule has 0 radical (unpaired) electrons. The van der Waals surface area contributed by atoms with Crippen molar-refractivity contribution in [3.8, 4) is 0 Å². The van der Waals surface area contributed by atoms with Crippen LogP contribution in [0, 0.1) is 0 Å². The van der Waals surface area contributed by atoms with Crippen LogP contribution >= 0.6 is 11.6 Å². The van der Waals surface area contributed by atoms with Gasteiger partial charge in [0.15, 0.2) is 0 Å². The van der Waals surface area contributed by atoms with Crippen LogP contribution in [0.2, 0.25) is 5.02 Å². The second-order valence-corrected chi connectivity index (χ2v) is 5.48. The Hall–Kier alpha value is -0.570. The number of methoxy groups -OCH3 is 1. The van der Waals surface area contributed by atoms with E-state index in [1.165, 1.54) is 24.8 Å². The molecule has 0 spiro atoms. The van der Waals surface area contributed by atoms with Gasteiger partial charge in [0.2, 0.25) is 0 Å². The van der Waals surface area contributed by atoms with E-state index < -0.39 is 0 Å². The number of hydrogen-bond acceptors (Lipinski definition) is 2. The monoisotopic (exact) mass is 267 g/mol. The van der Waals surface area contributed by atoms with Crippen molar-refractivity contribution in [1.29, 1.82) is 0 Å². The number of benzene rings is 1. The van der Waals surface area contributed by atoms with E-state index >= 15 is 0 Å². The Kier molecular flexibility index (Phi) is 5.04. The highest BCUT2D eigenvalue weighted by molar-refractivity contribution is 6.31. The second kappa shape index (κ2) is 6.55. The fraction of sp³-hybridized carbons (Fsp3) is 0.600. The third-order valence-corrected chi connectivity index (χ3v) is 4.19. The summed E-state index contributed by atoms with van der Waals surface area (Å²) in [6.45, 7) is 2.17. The molecule has 0 saturated heterocycles. The first kappa shape index (κ1) is 13.9. The van der Waals surface area contributed by atoms with Gasteiger partial charge in [-0.15, -0.1) is 0 Å². The summed E-state index contributed by atoms with van der Waals surface area (Å²) in [7, 11) is 1.81. The van der Waals surface area contributed by atoms with Crippen molar-refractivity contribution in [3.63, 3.8) is 0 Å². The molecule has 2 rings (SSSR count). The molecule has 100 valence electrons. The highest BCUT2D eigenvalue weighted by Gasteiger charge is 2.26. The molecule has 3 atom stereocenters. The van der Waals surface area contributed by atoms with E-state index in [1.54, 1.807) is 0 Å². The topological polar surface area (TPSA) is 21.3 Å². The Bertz CT molecular complexity index is 383. The lowest BCUT2D eigenvalue weighted by molar-refractivity contribution is 0.0384. The van der Waals surface area contributed by atoms with Gasteiger partial charge in [-0.3, -0.25) is 0 Å². The van der Waals surface area contributed by atoms with E-state index in [-0.39, 0.29) is 6.04 Å². The molecule has 0 aliphatic heterocycles. The second-order valence-electron chi connectivity index (χ2n) is 5.07. The number of ether oxygens (including phenoxy) is 1. The summed E-state index contributed by atoms with van der Waals surface area (Å²) >= 11 is 6.24.